The topological polar surface area (TPSA) is 96.4 Å². The predicted molar refractivity (Wildman–Crippen MR) is 82.7 cm³/mol. The second-order valence-corrected chi connectivity index (χ2v) is 8.47. The monoisotopic (exact) mass is 335 g/mol. The molecule has 1 aliphatic heterocycles. The number of aromatic nitrogens is 1. The average molecular weight is 335 g/mol. The van der Waals surface area contributed by atoms with Crippen LogP contribution in [0, 0.1) is 11.3 Å². The van der Waals surface area contributed by atoms with E-state index < -0.39 is 20.8 Å². The first-order chi connectivity index (χ1) is 10.7. The maximum atomic E-state index is 12.7. The molecule has 3 rings (SSSR count). The molecule has 23 heavy (non-hydrogen) atoms. The summed E-state index contributed by atoms with van der Waals surface area (Å²) < 4.78 is 30.6. The summed E-state index contributed by atoms with van der Waals surface area (Å²) in [5.74, 6) is -0.236. The van der Waals surface area contributed by atoms with Crippen molar-refractivity contribution < 1.29 is 17.8 Å². The molecule has 2 aromatic rings. The Bertz CT molecular complexity index is 895. The van der Waals surface area contributed by atoms with Crippen LogP contribution in [0.4, 0.5) is 0 Å². The van der Waals surface area contributed by atoms with Crippen molar-refractivity contribution in [1.82, 2.24) is 10.2 Å². The van der Waals surface area contributed by atoms with Gasteiger partial charge in [-0.1, -0.05) is 5.16 Å². The summed E-state index contributed by atoms with van der Waals surface area (Å²) in [5, 5.41) is 14.0. The van der Waals surface area contributed by atoms with Gasteiger partial charge < -0.3 is 4.52 Å². The zero-order valence-electron chi connectivity index (χ0n) is 13.1. The molecule has 1 unspecified atom stereocenters. The summed E-state index contributed by atoms with van der Waals surface area (Å²) in [4.78, 5) is 5.56. The van der Waals surface area contributed by atoms with Crippen molar-refractivity contribution in [3.63, 3.8) is 0 Å². The summed E-state index contributed by atoms with van der Waals surface area (Å²) in [6.45, 7) is 3.71. The normalized spacial score (nSPS) is 21.6. The molecule has 0 amide bonds. The molecule has 122 valence electrons. The van der Waals surface area contributed by atoms with E-state index in [0.717, 1.165) is 0 Å². The molecule has 0 radical (unpaired) electrons. The maximum absolute atomic E-state index is 12.7. The molecule has 8 heteroatoms. The largest absolute Gasteiger partial charge is 0.356 e. The molecule has 1 aliphatic rings. The van der Waals surface area contributed by atoms with E-state index in [1.165, 1.54) is 5.06 Å². The number of hydrogen-bond donors (Lipinski definition) is 0. The molecule has 0 saturated carbocycles. The molecule has 0 aliphatic carbocycles. The summed E-state index contributed by atoms with van der Waals surface area (Å²) in [5.41, 5.74) is 0.682. The third-order valence-corrected chi connectivity index (χ3v) is 5.86. The minimum Gasteiger partial charge on any atom is -0.356 e. The van der Waals surface area contributed by atoms with E-state index in [4.69, 9.17) is 14.6 Å². The van der Waals surface area contributed by atoms with Crippen molar-refractivity contribution in [3.8, 4) is 6.07 Å². The molecule has 1 saturated heterocycles. The number of rotatable bonds is 3. The fourth-order valence-electron chi connectivity index (χ4n) is 2.84. The number of nitrogens with zero attached hydrogens (tertiary/aromatic N) is 3. The van der Waals surface area contributed by atoms with Crippen LogP contribution in [0.15, 0.2) is 22.7 Å². The van der Waals surface area contributed by atoms with Gasteiger partial charge in [-0.25, -0.2) is 8.42 Å². The lowest BCUT2D eigenvalue weighted by Gasteiger charge is -2.18. The minimum atomic E-state index is -3.50. The highest BCUT2D eigenvalue weighted by Gasteiger charge is 2.44. The van der Waals surface area contributed by atoms with Gasteiger partial charge >= 0.3 is 0 Å². The Labute approximate surface area is 134 Å². The molecule has 1 aromatic heterocycles. The number of nitriles is 1. The van der Waals surface area contributed by atoms with Crippen LogP contribution >= 0.6 is 0 Å². The van der Waals surface area contributed by atoms with Crippen LogP contribution in [-0.4, -0.2) is 36.7 Å². The lowest BCUT2D eigenvalue weighted by molar-refractivity contribution is -0.168. The molecule has 0 spiro atoms. The number of hydroxylamine groups is 2. The van der Waals surface area contributed by atoms with E-state index in [9.17, 15) is 8.42 Å². The molecule has 1 aromatic carbocycles. The summed E-state index contributed by atoms with van der Waals surface area (Å²) in [6.07, 6.45) is 0.389. The molecular weight excluding hydrogens is 318 g/mol. The van der Waals surface area contributed by atoms with Gasteiger partial charge in [0.1, 0.15) is 11.1 Å². The Morgan fingerprint density at radius 2 is 2.22 bits per heavy atom. The van der Waals surface area contributed by atoms with Gasteiger partial charge in [-0.05, 0) is 26.0 Å². The SMILES string of the molecule is CN1OC(C)(C)CC1S(=O)(=O)Cc1noc2cc(C#N)ccc12. The summed E-state index contributed by atoms with van der Waals surface area (Å²) >= 11 is 0. The minimum absolute atomic E-state index is 0.236. The second-order valence-electron chi connectivity index (χ2n) is 6.32. The van der Waals surface area contributed by atoms with Crippen molar-refractivity contribution in [2.45, 2.75) is 37.0 Å². The van der Waals surface area contributed by atoms with E-state index in [0.29, 0.717) is 28.6 Å². The van der Waals surface area contributed by atoms with Crippen molar-refractivity contribution in [1.29, 1.82) is 5.26 Å². The molecule has 1 fully saturated rings. The van der Waals surface area contributed by atoms with Crippen molar-refractivity contribution in [3.05, 3.63) is 29.5 Å². The van der Waals surface area contributed by atoms with E-state index in [1.54, 1.807) is 25.2 Å². The van der Waals surface area contributed by atoms with Gasteiger partial charge in [-0.2, -0.15) is 10.3 Å². The summed E-state index contributed by atoms with van der Waals surface area (Å²) in [6, 6.07) is 6.83. The first-order valence-corrected chi connectivity index (χ1v) is 8.85. The average Bonchev–Trinajstić information content (AvgIpc) is 2.98. The quantitative estimate of drug-likeness (QED) is 0.846. The van der Waals surface area contributed by atoms with Crippen LogP contribution in [0.3, 0.4) is 0 Å². The van der Waals surface area contributed by atoms with Crippen LogP contribution < -0.4 is 0 Å². The van der Waals surface area contributed by atoms with Gasteiger partial charge in [-0.3, -0.25) is 4.84 Å². The summed E-state index contributed by atoms with van der Waals surface area (Å²) in [7, 11) is -1.87. The Morgan fingerprint density at radius 1 is 1.48 bits per heavy atom. The molecular formula is C15H17N3O4S. The van der Waals surface area contributed by atoms with Gasteiger partial charge in [0.15, 0.2) is 15.4 Å². The van der Waals surface area contributed by atoms with Crippen molar-refractivity contribution >= 4 is 20.8 Å². The Morgan fingerprint density at radius 3 is 2.83 bits per heavy atom. The van der Waals surface area contributed by atoms with E-state index in [-0.39, 0.29) is 5.75 Å². The van der Waals surface area contributed by atoms with Gasteiger partial charge in [0.25, 0.3) is 0 Å². The highest BCUT2D eigenvalue weighted by Crippen LogP contribution is 2.33. The lowest BCUT2D eigenvalue weighted by Crippen LogP contribution is -2.33. The third kappa shape index (κ3) is 2.95. The maximum Gasteiger partial charge on any atom is 0.174 e. The molecule has 0 N–H and O–H groups in total. The van der Waals surface area contributed by atoms with Crippen LogP contribution in [-0.2, 0) is 20.4 Å². The molecule has 7 nitrogen and oxygen atoms in total. The van der Waals surface area contributed by atoms with Crippen LogP contribution in [0.25, 0.3) is 11.0 Å². The van der Waals surface area contributed by atoms with Crippen LogP contribution in [0.1, 0.15) is 31.5 Å². The van der Waals surface area contributed by atoms with Gasteiger partial charge in [-0.15, -0.1) is 0 Å². The standard InChI is InChI=1S/C15H17N3O4S/c1-15(2)7-14(18(3)22-15)23(19,20)9-12-11-5-4-10(8-16)6-13(11)21-17-12/h4-6,14H,7,9H2,1-3H3. The highest BCUT2D eigenvalue weighted by molar-refractivity contribution is 7.91. The predicted octanol–water partition coefficient (Wildman–Crippen LogP) is 1.99. The number of fused-ring (bicyclic) bond motifs is 1. The fraction of sp³-hybridized carbons (Fsp3) is 0.467. The first-order valence-electron chi connectivity index (χ1n) is 7.14. The number of benzene rings is 1. The van der Waals surface area contributed by atoms with E-state index in [1.807, 2.05) is 19.9 Å². The molecule has 2 heterocycles. The first kappa shape index (κ1) is 15.9. The lowest BCUT2D eigenvalue weighted by atomic mass is 10.1. The molecule has 1 atom stereocenters. The van der Waals surface area contributed by atoms with Crippen molar-refractivity contribution in [2.75, 3.05) is 7.05 Å². The van der Waals surface area contributed by atoms with Gasteiger partial charge in [0.05, 0.1) is 23.0 Å². The Hall–Kier alpha value is -1.95. The van der Waals surface area contributed by atoms with E-state index >= 15 is 0 Å². The fourth-order valence-corrected chi connectivity index (χ4v) is 4.77. The van der Waals surface area contributed by atoms with Gasteiger partial charge in [0, 0.05) is 24.9 Å². The molecule has 0 bridgehead atoms. The van der Waals surface area contributed by atoms with E-state index in [2.05, 4.69) is 5.16 Å². The zero-order valence-corrected chi connectivity index (χ0v) is 13.9. The second kappa shape index (κ2) is 5.30. The zero-order chi connectivity index (χ0) is 16.8. The smallest absolute Gasteiger partial charge is 0.174 e. The Kier molecular flexibility index (Phi) is 3.67. The number of sulfone groups is 1. The number of hydrogen-bond acceptors (Lipinski definition) is 7. The van der Waals surface area contributed by atoms with Crippen LogP contribution in [0.5, 0.6) is 0 Å². The van der Waals surface area contributed by atoms with Crippen LogP contribution in [0.2, 0.25) is 0 Å². The third-order valence-electron chi connectivity index (χ3n) is 3.89. The van der Waals surface area contributed by atoms with Crippen molar-refractivity contribution in [2.24, 2.45) is 0 Å². The highest BCUT2D eigenvalue weighted by atomic mass is 32.2. The Balaban J connectivity index is 1.91. The van der Waals surface area contributed by atoms with Gasteiger partial charge in [0.2, 0.25) is 0 Å².